The number of benzene rings is 2. The SMILES string of the molecule is COc1cc(C)c(COC(=O)CCc2cc(OC)c(OC)c(OC)c2)cc1OC. The van der Waals surface area contributed by atoms with Gasteiger partial charge in [0, 0.05) is 6.42 Å². The van der Waals surface area contributed by atoms with Crippen LogP contribution in [0.2, 0.25) is 0 Å². The summed E-state index contributed by atoms with van der Waals surface area (Å²) in [6.07, 6.45) is 0.714. The predicted molar refractivity (Wildman–Crippen MR) is 108 cm³/mol. The monoisotopic (exact) mass is 404 g/mol. The molecule has 29 heavy (non-hydrogen) atoms. The Morgan fingerprint density at radius 2 is 1.31 bits per heavy atom. The second-order valence-corrected chi connectivity index (χ2v) is 6.33. The van der Waals surface area contributed by atoms with Gasteiger partial charge in [-0.15, -0.1) is 0 Å². The van der Waals surface area contributed by atoms with Gasteiger partial charge in [-0.05, 0) is 54.3 Å². The average Bonchev–Trinajstić information content (AvgIpc) is 2.75. The maximum atomic E-state index is 12.2. The highest BCUT2D eigenvalue weighted by Crippen LogP contribution is 2.38. The summed E-state index contributed by atoms with van der Waals surface area (Å²) in [5.74, 6) is 2.56. The van der Waals surface area contributed by atoms with Gasteiger partial charge in [0.1, 0.15) is 6.61 Å². The van der Waals surface area contributed by atoms with Crippen LogP contribution >= 0.6 is 0 Å². The second-order valence-electron chi connectivity index (χ2n) is 6.33. The zero-order valence-electron chi connectivity index (χ0n) is 17.8. The van der Waals surface area contributed by atoms with Gasteiger partial charge in [-0.2, -0.15) is 0 Å². The Bertz CT molecular complexity index is 820. The molecule has 0 saturated heterocycles. The summed E-state index contributed by atoms with van der Waals surface area (Å²) < 4.78 is 32.0. The molecule has 158 valence electrons. The first kappa shape index (κ1) is 22.2. The fourth-order valence-electron chi connectivity index (χ4n) is 2.93. The zero-order valence-corrected chi connectivity index (χ0v) is 17.8. The maximum Gasteiger partial charge on any atom is 0.306 e. The third kappa shape index (κ3) is 5.47. The largest absolute Gasteiger partial charge is 0.493 e. The molecule has 7 nitrogen and oxygen atoms in total. The molecule has 0 bridgehead atoms. The second kappa shape index (κ2) is 10.5. The van der Waals surface area contributed by atoms with Crippen molar-refractivity contribution in [3.05, 3.63) is 41.0 Å². The molecule has 0 fully saturated rings. The van der Waals surface area contributed by atoms with E-state index in [1.807, 2.05) is 31.2 Å². The molecule has 0 amide bonds. The molecule has 0 heterocycles. The van der Waals surface area contributed by atoms with Crippen LogP contribution in [0.1, 0.15) is 23.1 Å². The van der Waals surface area contributed by atoms with E-state index in [1.165, 1.54) is 0 Å². The van der Waals surface area contributed by atoms with Crippen LogP contribution in [0.4, 0.5) is 0 Å². The van der Waals surface area contributed by atoms with Crippen LogP contribution in [-0.2, 0) is 22.6 Å². The molecule has 0 radical (unpaired) electrons. The van der Waals surface area contributed by atoms with Gasteiger partial charge in [0.2, 0.25) is 5.75 Å². The molecule has 0 saturated carbocycles. The van der Waals surface area contributed by atoms with Gasteiger partial charge in [0.15, 0.2) is 23.0 Å². The van der Waals surface area contributed by atoms with Gasteiger partial charge in [-0.3, -0.25) is 4.79 Å². The molecular formula is C22H28O7. The quantitative estimate of drug-likeness (QED) is 0.559. The fraction of sp³-hybridized carbons (Fsp3) is 0.409. The molecule has 0 N–H and O–H groups in total. The normalized spacial score (nSPS) is 10.3. The number of methoxy groups -OCH3 is 5. The molecule has 0 aromatic heterocycles. The molecule has 0 atom stereocenters. The van der Waals surface area contributed by atoms with E-state index in [-0.39, 0.29) is 19.0 Å². The zero-order chi connectivity index (χ0) is 21.4. The number of hydrogen-bond acceptors (Lipinski definition) is 7. The van der Waals surface area contributed by atoms with E-state index in [9.17, 15) is 4.79 Å². The number of aryl methyl sites for hydroxylation is 2. The lowest BCUT2D eigenvalue weighted by Gasteiger charge is -2.14. The van der Waals surface area contributed by atoms with Crippen molar-refractivity contribution in [3.8, 4) is 28.7 Å². The van der Waals surface area contributed by atoms with Crippen LogP contribution in [0.3, 0.4) is 0 Å². The first-order chi connectivity index (χ1) is 14.0. The summed E-state index contributed by atoms with van der Waals surface area (Å²) >= 11 is 0. The third-order valence-electron chi connectivity index (χ3n) is 4.57. The lowest BCUT2D eigenvalue weighted by Crippen LogP contribution is -2.07. The summed E-state index contributed by atoms with van der Waals surface area (Å²) in [4.78, 5) is 12.2. The van der Waals surface area contributed by atoms with Crippen LogP contribution in [0.25, 0.3) is 0 Å². The Morgan fingerprint density at radius 3 is 1.83 bits per heavy atom. The summed E-state index contributed by atoms with van der Waals surface area (Å²) in [5.41, 5.74) is 2.71. The van der Waals surface area contributed by atoms with E-state index in [0.717, 1.165) is 16.7 Å². The van der Waals surface area contributed by atoms with E-state index in [2.05, 4.69) is 0 Å². The number of rotatable bonds is 10. The Balaban J connectivity index is 2.01. The minimum absolute atomic E-state index is 0.167. The Morgan fingerprint density at radius 1 is 0.759 bits per heavy atom. The van der Waals surface area contributed by atoms with Gasteiger partial charge in [-0.1, -0.05) is 0 Å². The van der Waals surface area contributed by atoms with Gasteiger partial charge < -0.3 is 28.4 Å². The van der Waals surface area contributed by atoms with Crippen molar-refractivity contribution in [3.63, 3.8) is 0 Å². The highest BCUT2D eigenvalue weighted by molar-refractivity contribution is 5.70. The van der Waals surface area contributed by atoms with Crippen molar-refractivity contribution in [2.45, 2.75) is 26.4 Å². The van der Waals surface area contributed by atoms with Crippen molar-refractivity contribution in [2.24, 2.45) is 0 Å². The minimum Gasteiger partial charge on any atom is -0.493 e. The predicted octanol–water partition coefficient (Wildman–Crippen LogP) is 3.71. The van der Waals surface area contributed by atoms with E-state index < -0.39 is 0 Å². The lowest BCUT2D eigenvalue weighted by atomic mass is 10.1. The van der Waals surface area contributed by atoms with Crippen molar-refractivity contribution < 1.29 is 33.2 Å². The number of carbonyl (C=O) groups excluding carboxylic acids is 1. The molecule has 0 aliphatic rings. The number of ether oxygens (including phenoxy) is 6. The number of carbonyl (C=O) groups is 1. The van der Waals surface area contributed by atoms with E-state index in [4.69, 9.17) is 28.4 Å². The molecule has 7 heteroatoms. The molecular weight excluding hydrogens is 376 g/mol. The van der Waals surface area contributed by atoms with Crippen LogP contribution in [-0.4, -0.2) is 41.5 Å². The van der Waals surface area contributed by atoms with Crippen LogP contribution in [0.15, 0.2) is 24.3 Å². The summed E-state index contributed by atoms with van der Waals surface area (Å²) in [5, 5.41) is 0. The molecule has 2 aromatic carbocycles. The van der Waals surface area contributed by atoms with Gasteiger partial charge >= 0.3 is 5.97 Å². The molecule has 0 unspecified atom stereocenters. The van der Waals surface area contributed by atoms with Crippen LogP contribution < -0.4 is 23.7 Å². The van der Waals surface area contributed by atoms with Gasteiger partial charge in [0.25, 0.3) is 0 Å². The van der Waals surface area contributed by atoms with E-state index in [0.29, 0.717) is 35.2 Å². The Hall–Kier alpha value is -3.09. The van der Waals surface area contributed by atoms with E-state index >= 15 is 0 Å². The van der Waals surface area contributed by atoms with Gasteiger partial charge in [0.05, 0.1) is 35.5 Å². The van der Waals surface area contributed by atoms with Crippen molar-refractivity contribution in [1.82, 2.24) is 0 Å². The van der Waals surface area contributed by atoms with Crippen molar-refractivity contribution in [1.29, 1.82) is 0 Å². The maximum absolute atomic E-state index is 12.2. The first-order valence-electron chi connectivity index (χ1n) is 9.13. The minimum atomic E-state index is -0.298. The first-order valence-corrected chi connectivity index (χ1v) is 9.13. The highest BCUT2D eigenvalue weighted by atomic mass is 16.5. The molecule has 2 rings (SSSR count). The van der Waals surface area contributed by atoms with E-state index in [1.54, 1.807) is 35.5 Å². The van der Waals surface area contributed by atoms with Crippen molar-refractivity contribution >= 4 is 5.97 Å². The molecule has 0 aliphatic heterocycles. The third-order valence-corrected chi connectivity index (χ3v) is 4.57. The summed E-state index contributed by atoms with van der Waals surface area (Å²) in [6.45, 7) is 2.10. The van der Waals surface area contributed by atoms with Crippen LogP contribution in [0.5, 0.6) is 28.7 Å². The Kier molecular flexibility index (Phi) is 8.00. The van der Waals surface area contributed by atoms with Crippen LogP contribution in [0, 0.1) is 6.92 Å². The molecule has 0 spiro atoms. The summed E-state index contributed by atoms with van der Waals surface area (Å²) in [6, 6.07) is 7.33. The van der Waals surface area contributed by atoms with Crippen molar-refractivity contribution in [2.75, 3.05) is 35.5 Å². The smallest absolute Gasteiger partial charge is 0.306 e. The van der Waals surface area contributed by atoms with Gasteiger partial charge in [-0.25, -0.2) is 0 Å². The highest BCUT2D eigenvalue weighted by Gasteiger charge is 2.15. The topological polar surface area (TPSA) is 72.5 Å². The molecule has 2 aromatic rings. The number of hydrogen-bond donors (Lipinski definition) is 0. The molecule has 0 aliphatic carbocycles. The lowest BCUT2D eigenvalue weighted by molar-refractivity contribution is -0.144. The number of esters is 1. The standard InChI is InChI=1S/C22H28O7/c1-14-9-17(24-2)18(25-3)12-16(14)13-29-21(23)8-7-15-10-19(26-4)22(28-6)20(11-15)27-5/h9-12H,7-8,13H2,1-6H3. The summed E-state index contributed by atoms with van der Waals surface area (Å²) in [7, 11) is 7.82. The average molecular weight is 404 g/mol. The Labute approximate surface area is 171 Å². The fourth-order valence-corrected chi connectivity index (χ4v) is 2.93.